The van der Waals surface area contributed by atoms with Gasteiger partial charge in [-0.2, -0.15) is 5.26 Å². The highest BCUT2D eigenvalue weighted by Crippen LogP contribution is 2.38. The molecule has 0 spiro atoms. The van der Waals surface area contributed by atoms with Crippen LogP contribution in [0.4, 0.5) is 5.69 Å². The molecular formula is C27H25BrN2O4. The molecule has 6 nitrogen and oxygen atoms in total. The summed E-state index contributed by atoms with van der Waals surface area (Å²) >= 11 is 3.54. The Bertz CT molecular complexity index is 1240. The van der Waals surface area contributed by atoms with Crippen molar-refractivity contribution in [3.05, 3.63) is 86.9 Å². The van der Waals surface area contributed by atoms with Crippen molar-refractivity contribution in [2.75, 3.05) is 11.9 Å². The largest absolute Gasteiger partial charge is 0.508 e. The van der Waals surface area contributed by atoms with Crippen molar-refractivity contribution >= 4 is 33.6 Å². The van der Waals surface area contributed by atoms with Crippen LogP contribution < -0.4 is 14.8 Å². The molecule has 0 unspecified atom stereocenters. The maximum absolute atomic E-state index is 12.6. The zero-order valence-electron chi connectivity index (χ0n) is 19.2. The molecular weight excluding hydrogens is 496 g/mol. The molecule has 34 heavy (non-hydrogen) atoms. The zero-order valence-corrected chi connectivity index (χ0v) is 20.8. The van der Waals surface area contributed by atoms with Crippen LogP contribution in [0.15, 0.2) is 64.6 Å². The summed E-state index contributed by atoms with van der Waals surface area (Å²) in [6.45, 7) is 6.75. The lowest BCUT2D eigenvalue weighted by Gasteiger charge is -2.15. The minimum absolute atomic E-state index is 0.0775. The Balaban J connectivity index is 1.85. The van der Waals surface area contributed by atoms with Gasteiger partial charge in [0.15, 0.2) is 11.5 Å². The third kappa shape index (κ3) is 6.63. The molecule has 7 heteroatoms. The number of phenolic OH excluding ortho intramolecular Hbond substituents is 1. The van der Waals surface area contributed by atoms with Crippen molar-refractivity contribution in [2.24, 2.45) is 0 Å². The quantitative estimate of drug-likeness (QED) is 0.206. The number of nitrogens with zero attached hydrogens (tertiary/aromatic N) is 1. The van der Waals surface area contributed by atoms with E-state index < -0.39 is 5.91 Å². The van der Waals surface area contributed by atoms with Crippen molar-refractivity contribution in [3.63, 3.8) is 0 Å². The smallest absolute Gasteiger partial charge is 0.266 e. The Morgan fingerprint density at radius 3 is 2.38 bits per heavy atom. The molecule has 1 amide bonds. The Kier molecular flexibility index (Phi) is 8.34. The van der Waals surface area contributed by atoms with Crippen LogP contribution in [0.25, 0.3) is 6.08 Å². The Morgan fingerprint density at radius 1 is 1.09 bits per heavy atom. The van der Waals surface area contributed by atoms with Gasteiger partial charge in [0.2, 0.25) is 0 Å². The predicted molar refractivity (Wildman–Crippen MR) is 136 cm³/mol. The summed E-state index contributed by atoms with van der Waals surface area (Å²) in [4.78, 5) is 12.6. The number of halogens is 1. The van der Waals surface area contributed by atoms with Gasteiger partial charge in [-0.25, -0.2) is 0 Å². The number of aryl methyl sites for hydroxylation is 2. The first-order valence-electron chi connectivity index (χ1n) is 10.7. The summed E-state index contributed by atoms with van der Waals surface area (Å²) in [5.41, 5.74) is 4.37. The van der Waals surface area contributed by atoms with Crippen LogP contribution >= 0.6 is 15.9 Å². The molecule has 0 aromatic heterocycles. The van der Waals surface area contributed by atoms with E-state index in [1.165, 1.54) is 18.2 Å². The molecule has 0 bridgehead atoms. The zero-order chi connectivity index (χ0) is 24.7. The van der Waals surface area contributed by atoms with Crippen molar-refractivity contribution in [3.8, 4) is 23.3 Å². The fraction of sp³-hybridized carbons (Fsp3) is 0.185. The minimum Gasteiger partial charge on any atom is -0.508 e. The van der Waals surface area contributed by atoms with Crippen molar-refractivity contribution < 1.29 is 19.4 Å². The maximum atomic E-state index is 12.6. The highest BCUT2D eigenvalue weighted by molar-refractivity contribution is 9.10. The van der Waals surface area contributed by atoms with Crippen LogP contribution in [0, 0.1) is 25.2 Å². The van der Waals surface area contributed by atoms with Gasteiger partial charge in [0.25, 0.3) is 5.91 Å². The Labute approximate surface area is 207 Å². The lowest BCUT2D eigenvalue weighted by atomic mass is 10.1. The second-order valence-corrected chi connectivity index (χ2v) is 8.57. The SMILES string of the molecule is CCOc1cc(/C=C(\C#N)C(=O)Nc2ccc(O)cc2)cc(Br)c1OCc1cc(C)cc(C)c1. The number of hydrogen-bond acceptors (Lipinski definition) is 5. The van der Waals surface area contributed by atoms with Gasteiger partial charge in [-0.1, -0.05) is 29.3 Å². The molecule has 0 saturated heterocycles. The van der Waals surface area contributed by atoms with E-state index in [4.69, 9.17) is 9.47 Å². The van der Waals surface area contributed by atoms with Gasteiger partial charge >= 0.3 is 0 Å². The fourth-order valence-corrected chi connectivity index (χ4v) is 4.01. The molecule has 0 radical (unpaired) electrons. The van der Waals surface area contributed by atoms with E-state index in [-0.39, 0.29) is 11.3 Å². The van der Waals surface area contributed by atoms with E-state index in [1.807, 2.05) is 26.8 Å². The highest BCUT2D eigenvalue weighted by atomic mass is 79.9. The molecule has 3 rings (SSSR count). The summed E-state index contributed by atoms with van der Waals surface area (Å²) < 4.78 is 12.5. The van der Waals surface area contributed by atoms with Crippen LogP contribution in [0.2, 0.25) is 0 Å². The second kappa shape index (κ2) is 11.4. The lowest BCUT2D eigenvalue weighted by Crippen LogP contribution is -2.13. The van der Waals surface area contributed by atoms with Gasteiger partial charge in [0.1, 0.15) is 24.0 Å². The number of benzene rings is 3. The number of aromatic hydroxyl groups is 1. The molecule has 0 aliphatic carbocycles. The molecule has 0 aliphatic rings. The monoisotopic (exact) mass is 520 g/mol. The predicted octanol–water partition coefficient (Wildman–Crippen LogP) is 6.29. The number of nitrogens with one attached hydrogen (secondary N) is 1. The maximum Gasteiger partial charge on any atom is 0.266 e. The third-order valence-corrected chi connectivity index (χ3v) is 5.39. The molecule has 3 aromatic rings. The molecule has 3 aromatic carbocycles. The van der Waals surface area contributed by atoms with E-state index in [1.54, 1.807) is 24.3 Å². The molecule has 174 valence electrons. The molecule has 0 heterocycles. The summed E-state index contributed by atoms with van der Waals surface area (Å²) in [6.07, 6.45) is 1.48. The number of rotatable bonds is 8. The van der Waals surface area contributed by atoms with E-state index in [2.05, 4.69) is 39.4 Å². The summed E-state index contributed by atoms with van der Waals surface area (Å²) in [5.74, 6) is 0.577. The number of anilines is 1. The number of hydrogen-bond donors (Lipinski definition) is 2. The number of nitriles is 1. The van der Waals surface area contributed by atoms with E-state index >= 15 is 0 Å². The fourth-order valence-electron chi connectivity index (χ4n) is 3.44. The first kappa shape index (κ1) is 24.9. The molecule has 0 aliphatic heterocycles. The van der Waals surface area contributed by atoms with Crippen molar-refractivity contribution in [1.29, 1.82) is 5.26 Å². The Morgan fingerprint density at radius 2 is 1.76 bits per heavy atom. The standard InChI is InChI=1S/C27H25BrN2O4/c1-4-33-25-14-19(12-21(15-29)27(32)30-22-5-7-23(31)8-6-22)13-24(28)26(25)34-16-20-10-17(2)9-18(3)11-20/h5-14,31H,4,16H2,1-3H3,(H,30,32)/b21-12+. The van der Waals surface area contributed by atoms with E-state index in [0.717, 1.165) is 16.7 Å². The van der Waals surface area contributed by atoms with Gasteiger partial charge in [-0.3, -0.25) is 4.79 Å². The van der Waals surface area contributed by atoms with Crippen LogP contribution in [-0.4, -0.2) is 17.6 Å². The van der Waals surface area contributed by atoms with Gasteiger partial charge in [0.05, 0.1) is 11.1 Å². The van der Waals surface area contributed by atoms with Gasteiger partial charge in [0, 0.05) is 5.69 Å². The number of ether oxygens (including phenoxy) is 2. The van der Waals surface area contributed by atoms with Crippen LogP contribution in [0.5, 0.6) is 17.2 Å². The van der Waals surface area contributed by atoms with Gasteiger partial charge in [-0.15, -0.1) is 0 Å². The van der Waals surface area contributed by atoms with E-state index in [9.17, 15) is 15.2 Å². The highest BCUT2D eigenvalue weighted by Gasteiger charge is 2.15. The number of carbonyl (C=O) groups excluding carboxylic acids is 1. The molecule has 0 fully saturated rings. The lowest BCUT2D eigenvalue weighted by molar-refractivity contribution is -0.112. The van der Waals surface area contributed by atoms with E-state index in [0.29, 0.717) is 40.4 Å². The molecule has 0 atom stereocenters. The van der Waals surface area contributed by atoms with Gasteiger partial charge in [-0.05, 0) is 90.3 Å². The van der Waals surface area contributed by atoms with Crippen molar-refractivity contribution in [1.82, 2.24) is 0 Å². The van der Waals surface area contributed by atoms with Crippen molar-refractivity contribution in [2.45, 2.75) is 27.4 Å². The average Bonchev–Trinajstić information content (AvgIpc) is 2.78. The summed E-state index contributed by atoms with van der Waals surface area (Å²) in [7, 11) is 0. The summed E-state index contributed by atoms with van der Waals surface area (Å²) in [6, 6.07) is 17.7. The number of amides is 1. The van der Waals surface area contributed by atoms with Gasteiger partial charge < -0.3 is 19.9 Å². The van der Waals surface area contributed by atoms with Crippen LogP contribution in [0.3, 0.4) is 0 Å². The average molecular weight is 521 g/mol. The minimum atomic E-state index is -0.558. The third-order valence-electron chi connectivity index (χ3n) is 4.80. The normalized spacial score (nSPS) is 11.0. The first-order valence-corrected chi connectivity index (χ1v) is 11.5. The number of carbonyl (C=O) groups is 1. The summed E-state index contributed by atoms with van der Waals surface area (Å²) in [5, 5.41) is 21.6. The second-order valence-electron chi connectivity index (χ2n) is 7.72. The molecule has 2 N–H and O–H groups in total. The first-order chi connectivity index (χ1) is 16.3. The Hall–Kier alpha value is -3.76. The van der Waals surface area contributed by atoms with Crippen LogP contribution in [-0.2, 0) is 11.4 Å². The topological polar surface area (TPSA) is 91.6 Å². The molecule has 0 saturated carbocycles. The number of phenols is 1. The van der Waals surface area contributed by atoms with Crippen LogP contribution in [0.1, 0.15) is 29.2 Å².